The van der Waals surface area contributed by atoms with Gasteiger partial charge in [-0.2, -0.15) is 0 Å². The number of hydrogen-bond donors (Lipinski definition) is 1. The quantitative estimate of drug-likeness (QED) is 0.663. The zero-order chi connectivity index (χ0) is 9.97. The second-order valence-corrected chi connectivity index (χ2v) is 4.67. The molecule has 2 fully saturated rings. The van der Waals surface area contributed by atoms with E-state index in [1.165, 1.54) is 12.8 Å². The van der Waals surface area contributed by atoms with Crippen molar-refractivity contribution in [2.75, 3.05) is 33.2 Å². The molecule has 2 aliphatic heterocycles. The molecule has 0 bridgehead atoms. The molecule has 0 saturated carbocycles. The molecule has 3 nitrogen and oxygen atoms in total. The van der Waals surface area contributed by atoms with Crippen LogP contribution < -0.4 is 5.32 Å². The van der Waals surface area contributed by atoms with Crippen LogP contribution in [0.25, 0.3) is 0 Å². The highest BCUT2D eigenvalue weighted by Gasteiger charge is 2.31. The first-order valence-electron chi connectivity index (χ1n) is 5.69. The number of carbonyl (C=O) groups is 1. The fourth-order valence-electron chi connectivity index (χ4n) is 2.63. The van der Waals surface area contributed by atoms with E-state index in [0.717, 1.165) is 32.6 Å². The number of carbonyl (C=O) groups excluding carboxylic acids is 1. The third kappa shape index (κ3) is 2.15. The summed E-state index contributed by atoms with van der Waals surface area (Å²) in [6.07, 6.45) is 3.15. The zero-order valence-electron chi connectivity index (χ0n) is 8.96. The molecule has 0 radical (unpaired) electrons. The Bertz CT molecular complexity index is 209. The summed E-state index contributed by atoms with van der Waals surface area (Å²) in [5.41, 5.74) is 0. The number of rotatable bonds is 1. The minimum Gasteiger partial charge on any atom is -0.316 e. The second-order valence-electron chi connectivity index (χ2n) is 4.67. The van der Waals surface area contributed by atoms with Crippen LogP contribution >= 0.6 is 0 Å². The molecule has 2 aliphatic rings. The minimum absolute atomic E-state index is 0.317. The Morgan fingerprint density at radius 2 is 2.07 bits per heavy atom. The number of nitrogens with zero attached hydrogens (tertiary/aromatic N) is 1. The Morgan fingerprint density at radius 1 is 1.36 bits per heavy atom. The lowest BCUT2D eigenvalue weighted by atomic mass is 9.79. The van der Waals surface area contributed by atoms with E-state index in [9.17, 15) is 4.79 Å². The van der Waals surface area contributed by atoms with Crippen LogP contribution in [0.4, 0.5) is 0 Å². The Morgan fingerprint density at radius 3 is 2.71 bits per heavy atom. The van der Waals surface area contributed by atoms with Crippen LogP contribution in [-0.4, -0.2) is 43.9 Å². The topological polar surface area (TPSA) is 32.3 Å². The predicted octanol–water partition coefficient (Wildman–Crippen LogP) is 0.507. The van der Waals surface area contributed by atoms with Crippen LogP contribution in [0.3, 0.4) is 0 Å². The molecule has 1 N–H and O–H groups in total. The molecule has 0 spiro atoms. The van der Waals surface area contributed by atoms with Gasteiger partial charge >= 0.3 is 0 Å². The largest absolute Gasteiger partial charge is 0.316 e. The van der Waals surface area contributed by atoms with Gasteiger partial charge in [-0.15, -0.1) is 0 Å². The van der Waals surface area contributed by atoms with Gasteiger partial charge in [0.15, 0.2) is 0 Å². The second kappa shape index (κ2) is 4.41. The minimum atomic E-state index is 0.317. The van der Waals surface area contributed by atoms with E-state index in [1.54, 1.807) is 0 Å². The molecule has 0 amide bonds. The van der Waals surface area contributed by atoms with Gasteiger partial charge in [0.2, 0.25) is 0 Å². The summed E-state index contributed by atoms with van der Waals surface area (Å²) in [5, 5.41) is 3.34. The monoisotopic (exact) mass is 196 g/mol. The molecule has 0 aromatic heterocycles. The molecule has 1 atom stereocenters. The van der Waals surface area contributed by atoms with Crippen molar-refractivity contribution >= 4 is 5.78 Å². The Balaban J connectivity index is 1.90. The molecular formula is C11H20N2O. The highest BCUT2D eigenvalue weighted by atomic mass is 16.1. The Hall–Kier alpha value is -0.410. The van der Waals surface area contributed by atoms with Crippen molar-refractivity contribution in [1.82, 2.24) is 10.2 Å². The summed E-state index contributed by atoms with van der Waals surface area (Å²) in [4.78, 5) is 14.1. The Kier molecular flexibility index (Phi) is 3.19. The SMILES string of the molecule is CN1CCC(C2CNCCC2=O)CC1. The number of hydrogen-bond acceptors (Lipinski definition) is 3. The van der Waals surface area contributed by atoms with Gasteiger partial charge in [0, 0.05) is 25.4 Å². The lowest BCUT2D eigenvalue weighted by molar-refractivity contribution is -0.126. The highest BCUT2D eigenvalue weighted by molar-refractivity contribution is 5.82. The highest BCUT2D eigenvalue weighted by Crippen LogP contribution is 2.26. The maximum absolute atomic E-state index is 11.7. The first kappa shape index (κ1) is 10.1. The molecule has 2 rings (SSSR count). The maximum atomic E-state index is 11.7. The summed E-state index contributed by atoms with van der Waals surface area (Å²) in [6.45, 7) is 4.14. The number of ketones is 1. The molecule has 1 unspecified atom stereocenters. The molecule has 80 valence electrons. The third-order valence-electron chi connectivity index (χ3n) is 3.66. The van der Waals surface area contributed by atoms with Crippen molar-refractivity contribution in [2.24, 2.45) is 11.8 Å². The number of Topliss-reactive ketones (excluding diaryl/α,β-unsaturated/α-hetero) is 1. The van der Waals surface area contributed by atoms with Crippen LogP contribution in [0.1, 0.15) is 19.3 Å². The first-order valence-corrected chi connectivity index (χ1v) is 5.69. The third-order valence-corrected chi connectivity index (χ3v) is 3.66. The van der Waals surface area contributed by atoms with E-state index >= 15 is 0 Å². The molecule has 14 heavy (non-hydrogen) atoms. The normalized spacial score (nSPS) is 32.1. The average Bonchev–Trinajstić information content (AvgIpc) is 2.20. The van der Waals surface area contributed by atoms with Crippen molar-refractivity contribution in [3.8, 4) is 0 Å². The smallest absolute Gasteiger partial charge is 0.138 e. The number of nitrogens with one attached hydrogen (secondary N) is 1. The maximum Gasteiger partial charge on any atom is 0.138 e. The molecular weight excluding hydrogens is 176 g/mol. The number of piperidine rings is 2. The summed E-state index contributed by atoms with van der Waals surface area (Å²) >= 11 is 0. The van der Waals surface area contributed by atoms with Gasteiger partial charge in [0.1, 0.15) is 5.78 Å². The van der Waals surface area contributed by atoms with E-state index in [4.69, 9.17) is 0 Å². The van der Waals surface area contributed by atoms with E-state index in [2.05, 4.69) is 17.3 Å². The summed E-state index contributed by atoms with van der Waals surface area (Å²) in [5.74, 6) is 1.46. The van der Waals surface area contributed by atoms with Gasteiger partial charge in [-0.1, -0.05) is 0 Å². The molecule has 0 aliphatic carbocycles. The standard InChI is InChI=1S/C11H20N2O/c1-13-6-3-9(4-7-13)10-8-12-5-2-11(10)14/h9-10,12H,2-8H2,1H3. The molecule has 2 saturated heterocycles. The lowest BCUT2D eigenvalue weighted by Gasteiger charge is -2.35. The van der Waals surface area contributed by atoms with Crippen molar-refractivity contribution in [2.45, 2.75) is 19.3 Å². The van der Waals surface area contributed by atoms with Gasteiger partial charge in [0.05, 0.1) is 0 Å². The van der Waals surface area contributed by atoms with Crippen molar-refractivity contribution in [1.29, 1.82) is 0 Å². The van der Waals surface area contributed by atoms with Crippen molar-refractivity contribution < 1.29 is 4.79 Å². The fourth-order valence-corrected chi connectivity index (χ4v) is 2.63. The van der Waals surface area contributed by atoms with Crippen molar-refractivity contribution in [3.05, 3.63) is 0 Å². The van der Waals surface area contributed by atoms with Gasteiger partial charge < -0.3 is 10.2 Å². The lowest BCUT2D eigenvalue weighted by Crippen LogP contribution is -2.44. The van der Waals surface area contributed by atoms with Crippen LogP contribution in [0.15, 0.2) is 0 Å². The summed E-state index contributed by atoms with van der Waals surface area (Å²) < 4.78 is 0. The van der Waals surface area contributed by atoms with E-state index in [1.807, 2.05) is 0 Å². The zero-order valence-corrected chi connectivity index (χ0v) is 8.96. The van der Waals surface area contributed by atoms with Crippen LogP contribution in [0.2, 0.25) is 0 Å². The summed E-state index contributed by atoms with van der Waals surface area (Å²) in [7, 11) is 2.16. The van der Waals surface area contributed by atoms with Gasteiger partial charge in [0.25, 0.3) is 0 Å². The Labute approximate surface area is 85.8 Å². The van der Waals surface area contributed by atoms with Gasteiger partial charge in [-0.25, -0.2) is 0 Å². The fraction of sp³-hybridized carbons (Fsp3) is 0.909. The first-order chi connectivity index (χ1) is 6.77. The van der Waals surface area contributed by atoms with Crippen LogP contribution in [0.5, 0.6) is 0 Å². The van der Waals surface area contributed by atoms with Crippen LogP contribution in [-0.2, 0) is 4.79 Å². The number of likely N-dealkylation sites (tertiary alicyclic amines) is 1. The van der Waals surface area contributed by atoms with Crippen LogP contribution in [0, 0.1) is 11.8 Å². The van der Waals surface area contributed by atoms with Crippen molar-refractivity contribution in [3.63, 3.8) is 0 Å². The van der Waals surface area contributed by atoms with E-state index in [-0.39, 0.29) is 0 Å². The molecule has 0 aromatic carbocycles. The van der Waals surface area contributed by atoms with Gasteiger partial charge in [-0.3, -0.25) is 4.79 Å². The molecule has 0 aromatic rings. The van der Waals surface area contributed by atoms with E-state index in [0.29, 0.717) is 17.6 Å². The van der Waals surface area contributed by atoms with Gasteiger partial charge in [-0.05, 0) is 38.9 Å². The molecule has 2 heterocycles. The average molecular weight is 196 g/mol. The predicted molar refractivity (Wildman–Crippen MR) is 56.2 cm³/mol. The molecule has 3 heteroatoms. The summed E-state index contributed by atoms with van der Waals surface area (Å²) in [6, 6.07) is 0. The van der Waals surface area contributed by atoms with E-state index < -0.39 is 0 Å².